The molecule has 0 saturated carbocycles. The standard InChI is InChI=1S/C21H20N4O3/c1-13-20-17(14-7-9-16(10-8-14)28-12-18(22)26)11-19(27)23-21(20)25(24-13)15-5-3-2-4-6-15/h2-10,17H,11-12H2,1H3,(H2,22,26)(H,23,27). The van der Waals surface area contributed by atoms with Crippen LogP contribution in [0.25, 0.3) is 5.69 Å². The number of aryl methyl sites for hydroxylation is 1. The first-order valence-corrected chi connectivity index (χ1v) is 8.99. The molecule has 1 aliphatic heterocycles. The molecule has 0 fully saturated rings. The maximum atomic E-state index is 12.4. The van der Waals surface area contributed by atoms with Crippen molar-refractivity contribution in [3.8, 4) is 11.4 Å². The normalized spacial score (nSPS) is 15.6. The number of hydrogen-bond acceptors (Lipinski definition) is 4. The minimum atomic E-state index is -0.526. The van der Waals surface area contributed by atoms with Crippen LogP contribution in [0.15, 0.2) is 54.6 Å². The van der Waals surface area contributed by atoms with Gasteiger partial charge in [0.25, 0.3) is 5.91 Å². The number of fused-ring (bicyclic) bond motifs is 1. The van der Waals surface area contributed by atoms with E-state index in [9.17, 15) is 9.59 Å². The molecule has 0 spiro atoms. The lowest BCUT2D eigenvalue weighted by atomic mass is 9.86. The highest BCUT2D eigenvalue weighted by atomic mass is 16.5. The Labute approximate surface area is 162 Å². The lowest BCUT2D eigenvalue weighted by Crippen LogP contribution is -2.25. The molecule has 0 bridgehead atoms. The summed E-state index contributed by atoms with van der Waals surface area (Å²) in [5.41, 5.74) is 8.86. The Kier molecular flexibility index (Phi) is 4.57. The first-order valence-electron chi connectivity index (χ1n) is 8.99. The molecule has 0 aliphatic carbocycles. The Morgan fingerprint density at radius 3 is 2.61 bits per heavy atom. The van der Waals surface area contributed by atoms with Gasteiger partial charge in [0.1, 0.15) is 11.6 Å². The highest BCUT2D eigenvalue weighted by Crippen LogP contribution is 2.40. The Hall–Kier alpha value is -3.61. The number of amides is 2. The van der Waals surface area contributed by atoms with Crippen LogP contribution < -0.4 is 15.8 Å². The monoisotopic (exact) mass is 376 g/mol. The van der Waals surface area contributed by atoms with Gasteiger partial charge in [0.05, 0.1) is 11.4 Å². The maximum Gasteiger partial charge on any atom is 0.255 e. The second kappa shape index (κ2) is 7.19. The molecule has 3 N–H and O–H groups in total. The van der Waals surface area contributed by atoms with Crippen molar-refractivity contribution in [1.82, 2.24) is 9.78 Å². The van der Waals surface area contributed by atoms with Gasteiger partial charge in [-0.1, -0.05) is 30.3 Å². The van der Waals surface area contributed by atoms with Crippen molar-refractivity contribution in [1.29, 1.82) is 0 Å². The molecule has 28 heavy (non-hydrogen) atoms. The van der Waals surface area contributed by atoms with E-state index in [-0.39, 0.29) is 18.4 Å². The average Bonchev–Trinajstić information content (AvgIpc) is 3.03. The van der Waals surface area contributed by atoms with Crippen molar-refractivity contribution in [2.24, 2.45) is 5.73 Å². The van der Waals surface area contributed by atoms with E-state index < -0.39 is 5.91 Å². The van der Waals surface area contributed by atoms with Crippen LogP contribution in [0.5, 0.6) is 5.75 Å². The van der Waals surface area contributed by atoms with E-state index in [1.165, 1.54) is 0 Å². The maximum absolute atomic E-state index is 12.4. The number of benzene rings is 2. The van der Waals surface area contributed by atoms with Crippen LogP contribution in [0.1, 0.15) is 29.2 Å². The van der Waals surface area contributed by atoms with E-state index in [2.05, 4.69) is 10.4 Å². The molecule has 1 aromatic heterocycles. The van der Waals surface area contributed by atoms with Crippen molar-refractivity contribution in [3.05, 3.63) is 71.4 Å². The Balaban J connectivity index is 1.70. The summed E-state index contributed by atoms with van der Waals surface area (Å²) in [6.07, 6.45) is 0.343. The van der Waals surface area contributed by atoms with Gasteiger partial charge in [0, 0.05) is 17.9 Å². The molecule has 3 aromatic rings. The smallest absolute Gasteiger partial charge is 0.255 e. The van der Waals surface area contributed by atoms with Crippen LogP contribution in [0.3, 0.4) is 0 Å². The van der Waals surface area contributed by atoms with Crippen LogP contribution >= 0.6 is 0 Å². The molecule has 0 saturated heterocycles. The lowest BCUT2D eigenvalue weighted by Gasteiger charge is -2.24. The van der Waals surface area contributed by atoms with Crippen molar-refractivity contribution in [3.63, 3.8) is 0 Å². The average molecular weight is 376 g/mol. The highest BCUT2D eigenvalue weighted by molar-refractivity contribution is 5.95. The molecular formula is C21H20N4O3. The SMILES string of the molecule is Cc1nn(-c2ccccc2)c2c1C(c1ccc(OCC(N)=O)cc1)CC(=O)N2. The molecular weight excluding hydrogens is 356 g/mol. The van der Waals surface area contributed by atoms with E-state index in [0.29, 0.717) is 18.0 Å². The third-order valence-corrected chi connectivity index (χ3v) is 4.77. The molecule has 0 radical (unpaired) electrons. The number of carbonyl (C=O) groups excluding carboxylic acids is 2. The molecule has 1 unspecified atom stereocenters. The molecule has 1 aliphatic rings. The number of hydrogen-bond donors (Lipinski definition) is 2. The van der Waals surface area contributed by atoms with Gasteiger partial charge in [-0.15, -0.1) is 0 Å². The van der Waals surface area contributed by atoms with Gasteiger partial charge in [0.15, 0.2) is 6.61 Å². The minimum Gasteiger partial charge on any atom is -0.484 e. The number of primary amides is 1. The fourth-order valence-corrected chi connectivity index (χ4v) is 3.54. The van der Waals surface area contributed by atoms with Crippen LogP contribution in [-0.4, -0.2) is 28.2 Å². The van der Waals surface area contributed by atoms with Gasteiger partial charge < -0.3 is 15.8 Å². The van der Waals surface area contributed by atoms with Crippen molar-refractivity contribution < 1.29 is 14.3 Å². The fourth-order valence-electron chi connectivity index (χ4n) is 3.54. The summed E-state index contributed by atoms with van der Waals surface area (Å²) in [5, 5.41) is 7.64. The number of aromatic nitrogens is 2. The zero-order valence-electron chi connectivity index (χ0n) is 15.4. The molecule has 2 aromatic carbocycles. The summed E-state index contributed by atoms with van der Waals surface area (Å²) in [5.74, 6) is 0.579. The van der Waals surface area contributed by atoms with E-state index >= 15 is 0 Å². The highest BCUT2D eigenvalue weighted by Gasteiger charge is 2.32. The van der Waals surface area contributed by atoms with E-state index in [4.69, 9.17) is 10.5 Å². The zero-order valence-corrected chi connectivity index (χ0v) is 15.4. The van der Waals surface area contributed by atoms with Crippen molar-refractivity contribution in [2.75, 3.05) is 11.9 Å². The summed E-state index contributed by atoms with van der Waals surface area (Å²) in [6, 6.07) is 17.1. The van der Waals surface area contributed by atoms with E-state index in [1.54, 1.807) is 16.8 Å². The van der Waals surface area contributed by atoms with Crippen LogP contribution in [-0.2, 0) is 9.59 Å². The molecule has 2 amide bonds. The molecule has 2 heterocycles. The van der Waals surface area contributed by atoms with Gasteiger partial charge in [0.2, 0.25) is 5.91 Å². The van der Waals surface area contributed by atoms with Crippen LogP contribution in [0.2, 0.25) is 0 Å². The molecule has 1 atom stereocenters. The second-order valence-corrected chi connectivity index (χ2v) is 6.72. The van der Waals surface area contributed by atoms with Crippen LogP contribution in [0, 0.1) is 6.92 Å². The van der Waals surface area contributed by atoms with Gasteiger partial charge in [-0.05, 0) is 36.8 Å². The number of nitrogens with zero attached hydrogens (tertiary/aromatic N) is 2. The minimum absolute atomic E-state index is 0.0522. The van der Waals surface area contributed by atoms with Crippen molar-refractivity contribution >= 4 is 17.6 Å². The summed E-state index contributed by atoms with van der Waals surface area (Å²) in [6.45, 7) is 1.78. The first kappa shape index (κ1) is 17.8. The predicted octanol–water partition coefficient (Wildman–Crippen LogP) is 2.52. The van der Waals surface area contributed by atoms with E-state index in [1.807, 2.05) is 49.4 Å². The summed E-state index contributed by atoms with van der Waals surface area (Å²) < 4.78 is 7.09. The predicted molar refractivity (Wildman–Crippen MR) is 105 cm³/mol. The topological polar surface area (TPSA) is 99.2 Å². The number of nitrogens with one attached hydrogen (secondary N) is 1. The number of para-hydroxylation sites is 1. The second-order valence-electron chi connectivity index (χ2n) is 6.72. The quantitative estimate of drug-likeness (QED) is 0.715. The van der Waals surface area contributed by atoms with Gasteiger partial charge in [-0.2, -0.15) is 5.10 Å². The molecule has 7 heteroatoms. The van der Waals surface area contributed by atoms with E-state index in [0.717, 1.165) is 22.5 Å². The number of ether oxygens (including phenoxy) is 1. The first-order chi connectivity index (χ1) is 13.5. The number of carbonyl (C=O) groups is 2. The largest absolute Gasteiger partial charge is 0.484 e. The molecule has 4 rings (SSSR count). The number of nitrogens with two attached hydrogens (primary N) is 1. The molecule has 142 valence electrons. The number of anilines is 1. The van der Waals surface area contributed by atoms with Gasteiger partial charge >= 0.3 is 0 Å². The van der Waals surface area contributed by atoms with Gasteiger partial charge in [-0.3, -0.25) is 9.59 Å². The Bertz CT molecular complexity index is 1030. The fraction of sp³-hybridized carbons (Fsp3) is 0.190. The Morgan fingerprint density at radius 1 is 1.21 bits per heavy atom. The summed E-state index contributed by atoms with van der Waals surface area (Å²) in [7, 11) is 0. The lowest BCUT2D eigenvalue weighted by molar-refractivity contribution is -0.120. The zero-order chi connectivity index (χ0) is 19.7. The van der Waals surface area contributed by atoms with Crippen molar-refractivity contribution in [2.45, 2.75) is 19.3 Å². The number of rotatable bonds is 5. The summed E-state index contributed by atoms with van der Waals surface area (Å²) in [4.78, 5) is 23.3. The third-order valence-electron chi connectivity index (χ3n) is 4.77. The third kappa shape index (κ3) is 3.34. The Morgan fingerprint density at radius 2 is 1.93 bits per heavy atom. The summed E-state index contributed by atoms with van der Waals surface area (Å²) >= 11 is 0. The van der Waals surface area contributed by atoms with Gasteiger partial charge in [-0.25, -0.2) is 4.68 Å². The van der Waals surface area contributed by atoms with Crippen LogP contribution in [0.4, 0.5) is 5.82 Å². The molecule has 7 nitrogen and oxygen atoms in total.